The van der Waals surface area contributed by atoms with E-state index in [1.807, 2.05) is 20.8 Å². The molecular weight excluding hydrogens is 164 g/mol. The fourth-order valence-corrected chi connectivity index (χ4v) is 1.06. The SMILES string of the molecule is [3H]Oc1ccccc1C(=O)C(C)(C)C. The lowest BCUT2D eigenvalue weighted by Gasteiger charge is -2.16. The third kappa shape index (κ3) is 2.08. The van der Waals surface area contributed by atoms with Gasteiger partial charge in [0.1, 0.15) is 5.75 Å². The lowest BCUT2D eigenvalue weighted by Crippen LogP contribution is -2.20. The summed E-state index contributed by atoms with van der Waals surface area (Å²) in [6.45, 7) is 5.53. The average Bonchev–Trinajstić information content (AvgIpc) is 2.15. The van der Waals surface area contributed by atoms with Gasteiger partial charge in [-0.15, -0.1) is 0 Å². The molecule has 0 aliphatic heterocycles. The number of carbonyl (C=O) groups is 1. The van der Waals surface area contributed by atoms with Crippen LogP contribution in [0.3, 0.4) is 0 Å². The highest BCUT2D eigenvalue weighted by Gasteiger charge is 2.24. The first kappa shape index (κ1) is 8.30. The van der Waals surface area contributed by atoms with Crippen molar-refractivity contribution in [3.05, 3.63) is 29.8 Å². The Balaban J connectivity index is 3.13. The number of hydrogen-bond acceptors (Lipinski definition) is 2. The van der Waals surface area contributed by atoms with Gasteiger partial charge in [0.05, 0.1) is 5.56 Å². The predicted molar refractivity (Wildman–Crippen MR) is 51.9 cm³/mol. The van der Waals surface area contributed by atoms with Gasteiger partial charge in [-0.3, -0.25) is 4.79 Å². The number of rotatable bonds is 2. The van der Waals surface area contributed by atoms with E-state index in [2.05, 4.69) is 5.11 Å². The lowest BCUT2D eigenvalue weighted by atomic mass is 9.86. The van der Waals surface area contributed by atoms with Crippen LogP contribution >= 0.6 is 0 Å². The molecule has 0 bridgehead atoms. The van der Waals surface area contributed by atoms with Crippen LogP contribution in [0.1, 0.15) is 31.1 Å². The van der Waals surface area contributed by atoms with E-state index in [9.17, 15) is 4.79 Å². The molecule has 0 amide bonds. The largest absolute Gasteiger partial charge is 0.507 e. The molecule has 2 heteroatoms. The Morgan fingerprint density at radius 3 is 2.54 bits per heavy atom. The first-order chi connectivity index (χ1) is 6.46. The zero-order valence-corrected chi connectivity index (χ0v) is 8.13. The minimum Gasteiger partial charge on any atom is -0.507 e. The van der Waals surface area contributed by atoms with Crippen LogP contribution in [0, 0.1) is 5.41 Å². The van der Waals surface area contributed by atoms with Gasteiger partial charge in [-0.05, 0) is 12.1 Å². The molecule has 0 spiro atoms. The van der Waals surface area contributed by atoms with Gasteiger partial charge in [0.25, 0.3) is 1.43 Å². The highest BCUT2D eigenvalue weighted by Crippen LogP contribution is 2.25. The summed E-state index contributed by atoms with van der Waals surface area (Å²) in [6, 6.07) is 6.80. The van der Waals surface area contributed by atoms with E-state index in [-0.39, 0.29) is 5.78 Å². The zero-order valence-electron chi connectivity index (χ0n) is 9.13. The standard InChI is InChI=1S/C11H14O2/c1-11(2,3)10(13)8-6-4-5-7-9(8)12/h4-7,12H,1-3H3/i/hT. The maximum Gasteiger partial charge on any atom is 0.293 e. The number of phenolic OH excluding ortho intramolecular Hbond substituents is 1. The van der Waals surface area contributed by atoms with Gasteiger partial charge in [0.15, 0.2) is 5.78 Å². The number of ketones is 1. The van der Waals surface area contributed by atoms with Crippen molar-refractivity contribution in [3.63, 3.8) is 0 Å². The molecule has 13 heavy (non-hydrogen) atoms. The normalized spacial score (nSPS) is 12.1. The molecule has 0 unspecified atom stereocenters. The summed E-state index contributed by atoms with van der Waals surface area (Å²) in [4.78, 5) is 11.9. The summed E-state index contributed by atoms with van der Waals surface area (Å²) in [5.41, 5.74) is 0.0178. The van der Waals surface area contributed by atoms with E-state index in [0.717, 1.165) is 0 Å². The topological polar surface area (TPSA) is 37.3 Å². The Bertz CT molecular complexity index is 339. The maximum absolute atomic E-state index is 11.9. The second kappa shape index (κ2) is 3.21. The molecule has 0 saturated heterocycles. The monoisotopic (exact) mass is 180 g/mol. The van der Waals surface area contributed by atoms with Crippen LogP contribution < -0.4 is 0 Å². The summed E-state index contributed by atoms with van der Waals surface area (Å²) in [7, 11) is 0. The molecule has 1 rings (SSSR count). The van der Waals surface area contributed by atoms with Crippen molar-refractivity contribution < 1.29 is 9.90 Å². The lowest BCUT2D eigenvalue weighted by molar-refractivity contribution is 0.0855. The molecular formula is C11H14O2. The van der Waals surface area contributed by atoms with Crippen molar-refractivity contribution in [3.8, 4) is 5.75 Å². The van der Waals surface area contributed by atoms with Gasteiger partial charge >= 0.3 is 0 Å². The Morgan fingerprint density at radius 1 is 1.38 bits per heavy atom. The Kier molecular flexibility index (Phi) is 2.05. The molecule has 0 radical (unpaired) electrons. The average molecular weight is 180 g/mol. The molecule has 0 atom stereocenters. The fourth-order valence-electron chi connectivity index (χ4n) is 1.06. The molecule has 0 aliphatic rings. The van der Waals surface area contributed by atoms with Crippen molar-refractivity contribution in [2.75, 3.05) is 0 Å². The summed E-state index contributed by atoms with van der Waals surface area (Å²) in [6.07, 6.45) is 0. The number of phenols is 1. The number of benzene rings is 1. The molecule has 70 valence electrons. The molecule has 0 fully saturated rings. The second-order valence-electron chi connectivity index (χ2n) is 4.08. The van der Waals surface area contributed by atoms with Crippen molar-refractivity contribution in [2.24, 2.45) is 5.41 Å². The molecule has 1 aromatic carbocycles. The zero-order chi connectivity index (χ0) is 10.8. The van der Waals surface area contributed by atoms with Crippen molar-refractivity contribution in [1.82, 2.24) is 0 Å². The van der Waals surface area contributed by atoms with E-state index in [1.165, 1.54) is 0 Å². The summed E-state index contributed by atoms with van der Waals surface area (Å²) < 4.78 is 6.83. The van der Waals surface area contributed by atoms with Gasteiger partial charge in [-0.2, -0.15) is 0 Å². The van der Waals surface area contributed by atoms with Crippen LogP contribution in [0.4, 0.5) is 0 Å². The summed E-state index contributed by atoms with van der Waals surface area (Å²) in [5, 5.41) is 4.39. The van der Waals surface area contributed by atoms with E-state index in [4.69, 9.17) is 1.43 Å². The molecule has 2 nitrogen and oxygen atoms in total. The number of Topliss-reactive ketones (excluding diaryl/α,β-unsaturated/α-hetero) is 1. The van der Waals surface area contributed by atoms with Gasteiger partial charge < -0.3 is 5.11 Å². The van der Waals surface area contributed by atoms with Crippen LogP contribution in [-0.2, 0) is 0 Å². The molecule has 1 aromatic rings. The number of para-hydroxylation sites is 1. The van der Waals surface area contributed by atoms with Crippen LogP contribution in [0.5, 0.6) is 5.75 Å². The predicted octanol–water partition coefficient (Wildman–Crippen LogP) is 2.62. The molecule has 1 N–H and O–H groups in total. The summed E-state index contributed by atoms with van der Waals surface area (Å²) in [5.74, 6) is 0.299. The first-order valence-corrected chi connectivity index (χ1v) is 4.24. The second-order valence-corrected chi connectivity index (χ2v) is 4.08. The smallest absolute Gasteiger partial charge is 0.293 e. The Hall–Kier alpha value is -1.31. The van der Waals surface area contributed by atoms with Gasteiger partial charge in [0, 0.05) is 5.41 Å². The molecule has 0 aromatic heterocycles. The van der Waals surface area contributed by atoms with Gasteiger partial charge in [0.2, 0.25) is 0 Å². The van der Waals surface area contributed by atoms with Crippen molar-refractivity contribution in [2.45, 2.75) is 20.8 Å². The van der Waals surface area contributed by atoms with E-state index >= 15 is 0 Å². The quantitative estimate of drug-likeness (QED) is 0.710. The highest BCUT2D eigenvalue weighted by molar-refractivity contribution is 6.01. The fraction of sp³-hybridized carbons (Fsp3) is 0.364. The van der Waals surface area contributed by atoms with E-state index in [0.29, 0.717) is 11.3 Å². The minimum absolute atomic E-state index is 0.0136. The first-order valence-electron chi connectivity index (χ1n) is 4.64. The van der Waals surface area contributed by atoms with Crippen molar-refractivity contribution in [1.29, 1.82) is 1.43 Å². The maximum atomic E-state index is 11.9. The molecule has 0 saturated carbocycles. The number of carbonyl (C=O) groups excluding carboxylic acids is 1. The highest BCUT2D eigenvalue weighted by atomic mass is 16.3. The van der Waals surface area contributed by atoms with Crippen LogP contribution in [-0.4, -0.2) is 12.3 Å². The molecule has 0 heterocycles. The van der Waals surface area contributed by atoms with Crippen LogP contribution in [0.15, 0.2) is 24.3 Å². The molecule has 0 aliphatic carbocycles. The van der Waals surface area contributed by atoms with Crippen LogP contribution in [0.2, 0.25) is 0 Å². The Morgan fingerprint density at radius 2 is 2.00 bits per heavy atom. The van der Waals surface area contributed by atoms with Crippen LogP contribution in [0.25, 0.3) is 0 Å². The third-order valence-corrected chi connectivity index (χ3v) is 1.81. The van der Waals surface area contributed by atoms with E-state index in [1.54, 1.807) is 24.3 Å². The Labute approximate surface area is 79.7 Å². The van der Waals surface area contributed by atoms with Gasteiger partial charge in [-0.25, -0.2) is 0 Å². The van der Waals surface area contributed by atoms with E-state index < -0.39 is 5.41 Å². The number of aromatic hydroxyl groups is 1. The number of hydrogen-bond donors (Lipinski definition) is 1. The third-order valence-electron chi connectivity index (χ3n) is 1.81. The van der Waals surface area contributed by atoms with Crippen molar-refractivity contribution >= 4 is 5.78 Å². The minimum atomic E-state index is -0.450. The van der Waals surface area contributed by atoms with Gasteiger partial charge in [-0.1, -0.05) is 32.9 Å². The summed E-state index contributed by atoms with van der Waals surface area (Å²) >= 11 is 0.